The molecule has 1 fully saturated rings. The summed E-state index contributed by atoms with van der Waals surface area (Å²) in [6, 6.07) is 4.71. The first-order chi connectivity index (χ1) is 9.86. The molecule has 1 heterocycles. The zero-order chi connectivity index (χ0) is 15.6. The Morgan fingerprint density at radius 1 is 1.43 bits per heavy atom. The number of anilines is 1. The number of hydrogen-bond donors (Lipinski definition) is 1. The molecule has 1 aromatic carbocycles. The summed E-state index contributed by atoms with van der Waals surface area (Å²) in [6.45, 7) is 2.02. The van der Waals surface area contributed by atoms with Crippen LogP contribution < -0.4 is 4.90 Å². The number of aromatic carboxylic acids is 1. The summed E-state index contributed by atoms with van der Waals surface area (Å²) in [5.74, 6) is -0.359. The number of carboxylic acids is 1. The molecule has 1 aliphatic heterocycles. The second-order valence-electron chi connectivity index (χ2n) is 4.88. The number of halogens is 1. The van der Waals surface area contributed by atoms with Gasteiger partial charge in [-0.1, -0.05) is 27.7 Å². The molecule has 0 radical (unpaired) electrons. The van der Waals surface area contributed by atoms with Gasteiger partial charge in [-0.15, -0.1) is 0 Å². The monoisotopic (exact) mass is 371 g/mol. The minimum absolute atomic E-state index is 0.0384. The number of hydrogen-bond acceptors (Lipinski definition) is 4. The Bertz CT molecular complexity index is 605. The van der Waals surface area contributed by atoms with E-state index in [2.05, 4.69) is 15.9 Å². The van der Waals surface area contributed by atoms with Gasteiger partial charge in [0.1, 0.15) is 0 Å². The van der Waals surface area contributed by atoms with Crippen LogP contribution in [0, 0.1) is 5.92 Å². The van der Waals surface area contributed by atoms with Crippen LogP contribution in [0.25, 0.3) is 0 Å². The van der Waals surface area contributed by atoms with Crippen LogP contribution in [0.15, 0.2) is 22.7 Å². The zero-order valence-corrected chi connectivity index (χ0v) is 13.7. The molecule has 1 saturated heterocycles. The van der Waals surface area contributed by atoms with Gasteiger partial charge in [0.05, 0.1) is 5.56 Å². The first-order valence-electron chi connectivity index (χ1n) is 6.34. The predicted octanol–water partition coefficient (Wildman–Crippen LogP) is 2.78. The number of carboxylic acid groups (broad SMARTS) is 1. The Labute approximate surface area is 134 Å². The van der Waals surface area contributed by atoms with Crippen LogP contribution >= 0.6 is 27.7 Å². The van der Waals surface area contributed by atoms with Crippen LogP contribution in [0.2, 0.25) is 0 Å². The minimum Gasteiger partial charge on any atom is -0.478 e. The number of carbonyl (C=O) groups excluding carboxylic acids is 2. The third-order valence-electron chi connectivity index (χ3n) is 3.17. The van der Waals surface area contributed by atoms with Crippen molar-refractivity contribution in [1.82, 2.24) is 0 Å². The van der Waals surface area contributed by atoms with Crippen LogP contribution in [0.1, 0.15) is 23.7 Å². The molecule has 112 valence electrons. The van der Waals surface area contributed by atoms with Gasteiger partial charge in [-0.05, 0) is 24.1 Å². The first kappa shape index (κ1) is 16.0. The predicted molar refractivity (Wildman–Crippen MR) is 84.7 cm³/mol. The van der Waals surface area contributed by atoms with E-state index in [-0.39, 0.29) is 22.5 Å². The van der Waals surface area contributed by atoms with Crippen molar-refractivity contribution in [1.29, 1.82) is 0 Å². The Morgan fingerprint density at radius 2 is 2.14 bits per heavy atom. The summed E-state index contributed by atoms with van der Waals surface area (Å²) >= 11 is 4.48. The Kier molecular flexibility index (Phi) is 5.05. The van der Waals surface area contributed by atoms with E-state index in [0.717, 1.165) is 0 Å². The quantitative estimate of drug-likeness (QED) is 0.880. The Balaban J connectivity index is 2.17. The van der Waals surface area contributed by atoms with E-state index in [1.807, 2.05) is 0 Å². The second kappa shape index (κ2) is 6.62. The van der Waals surface area contributed by atoms with Crippen molar-refractivity contribution in [2.75, 3.05) is 17.2 Å². The fraction of sp³-hybridized carbons (Fsp3) is 0.357. The lowest BCUT2D eigenvalue weighted by atomic mass is 10.1. The van der Waals surface area contributed by atoms with Crippen molar-refractivity contribution >= 4 is 50.4 Å². The Morgan fingerprint density at radius 3 is 2.76 bits per heavy atom. The molecule has 1 atom stereocenters. The summed E-state index contributed by atoms with van der Waals surface area (Å²) in [5.41, 5.74) is 0.704. The zero-order valence-electron chi connectivity index (χ0n) is 11.3. The molecule has 1 aromatic rings. The maximum atomic E-state index is 12.1. The maximum absolute atomic E-state index is 12.1. The molecule has 1 amide bonds. The van der Waals surface area contributed by atoms with Gasteiger partial charge < -0.3 is 10.0 Å². The van der Waals surface area contributed by atoms with Crippen molar-refractivity contribution < 1.29 is 19.5 Å². The van der Waals surface area contributed by atoms with Crippen LogP contribution in [0.4, 0.5) is 5.69 Å². The van der Waals surface area contributed by atoms with Crippen molar-refractivity contribution in [3.8, 4) is 0 Å². The van der Waals surface area contributed by atoms with Gasteiger partial charge in [0, 0.05) is 35.8 Å². The molecular formula is C14H14BrNO4S. The van der Waals surface area contributed by atoms with Gasteiger partial charge in [-0.3, -0.25) is 9.59 Å². The van der Waals surface area contributed by atoms with Crippen molar-refractivity contribution in [3.05, 3.63) is 28.2 Å². The number of carbonyl (C=O) groups is 3. The average molecular weight is 372 g/mol. The van der Waals surface area contributed by atoms with E-state index in [1.54, 1.807) is 11.0 Å². The van der Waals surface area contributed by atoms with Gasteiger partial charge in [-0.25, -0.2) is 4.79 Å². The van der Waals surface area contributed by atoms with E-state index in [0.29, 0.717) is 28.9 Å². The van der Waals surface area contributed by atoms with Gasteiger partial charge >= 0.3 is 5.97 Å². The van der Waals surface area contributed by atoms with Crippen molar-refractivity contribution in [2.24, 2.45) is 5.92 Å². The van der Waals surface area contributed by atoms with E-state index in [4.69, 9.17) is 5.11 Å². The molecular weight excluding hydrogens is 358 g/mol. The molecule has 1 aliphatic rings. The van der Waals surface area contributed by atoms with Gasteiger partial charge in [0.15, 0.2) is 5.12 Å². The first-order valence-corrected chi connectivity index (χ1v) is 8.12. The molecule has 5 nitrogen and oxygen atoms in total. The normalized spacial score (nSPS) is 18.1. The summed E-state index contributed by atoms with van der Waals surface area (Å²) < 4.78 is 0.617. The highest BCUT2D eigenvalue weighted by Gasteiger charge is 2.31. The standard InChI is InChI=1S/C14H14BrNO4S/c1-8(17)21-7-9-2-13(18)16(6-9)12-4-10(14(19)20)3-11(15)5-12/h3-5,9H,2,6-7H2,1H3,(H,19,20). The average Bonchev–Trinajstić information content (AvgIpc) is 2.77. The third kappa shape index (κ3) is 4.07. The van der Waals surface area contributed by atoms with Crippen LogP contribution in [0.5, 0.6) is 0 Å². The van der Waals surface area contributed by atoms with Gasteiger partial charge in [-0.2, -0.15) is 0 Å². The number of benzene rings is 1. The number of amides is 1. The molecule has 0 saturated carbocycles. The highest BCUT2D eigenvalue weighted by atomic mass is 79.9. The second-order valence-corrected chi connectivity index (χ2v) is 6.99. The fourth-order valence-electron chi connectivity index (χ4n) is 2.23. The maximum Gasteiger partial charge on any atom is 0.335 e. The van der Waals surface area contributed by atoms with Crippen LogP contribution in [0.3, 0.4) is 0 Å². The Hall–Kier alpha value is -1.34. The van der Waals surface area contributed by atoms with Gasteiger partial charge in [0.25, 0.3) is 0 Å². The van der Waals surface area contributed by atoms with E-state index in [9.17, 15) is 14.4 Å². The third-order valence-corrected chi connectivity index (χ3v) is 4.67. The molecule has 21 heavy (non-hydrogen) atoms. The molecule has 0 bridgehead atoms. The molecule has 0 spiro atoms. The lowest BCUT2D eigenvalue weighted by Crippen LogP contribution is -2.25. The molecule has 1 unspecified atom stereocenters. The summed E-state index contributed by atoms with van der Waals surface area (Å²) in [5, 5.41) is 9.11. The summed E-state index contributed by atoms with van der Waals surface area (Å²) in [7, 11) is 0. The smallest absolute Gasteiger partial charge is 0.335 e. The number of rotatable bonds is 4. The molecule has 0 aliphatic carbocycles. The summed E-state index contributed by atoms with van der Waals surface area (Å²) in [6.07, 6.45) is 0.384. The van der Waals surface area contributed by atoms with Gasteiger partial charge in [0.2, 0.25) is 5.91 Å². The highest BCUT2D eigenvalue weighted by Crippen LogP contribution is 2.30. The molecule has 0 aromatic heterocycles. The highest BCUT2D eigenvalue weighted by molar-refractivity contribution is 9.10. The van der Waals surface area contributed by atoms with Crippen LogP contribution in [-0.4, -0.2) is 34.4 Å². The summed E-state index contributed by atoms with van der Waals surface area (Å²) in [4.78, 5) is 35.7. The minimum atomic E-state index is -1.03. The topological polar surface area (TPSA) is 74.7 Å². The number of thioether (sulfide) groups is 1. The molecule has 2 rings (SSSR count). The van der Waals surface area contributed by atoms with E-state index >= 15 is 0 Å². The van der Waals surface area contributed by atoms with Crippen molar-refractivity contribution in [3.63, 3.8) is 0 Å². The molecule has 7 heteroatoms. The van der Waals surface area contributed by atoms with Crippen LogP contribution in [-0.2, 0) is 9.59 Å². The SMILES string of the molecule is CC(=O)SCC1CC(=O)N(c2cc(Br)cc(C(=O)O)c2)C1. The van der Waals surface area contributed by atoms with E-state index in [1.165, 1.54) is 30.8 Å². The lowest BCUT2D eigenvalue weighted by Gasteiger charge is -2.17. The largest absolute Gasteiger partial charge is 0.478 e. The fourth-order valence-corrected chi connectivity index (χ4v) is 3.41. The van der Waals surface area contributed by atoms with Crippen molar-refractivity contribution in [2.45, 2.75) is 13.3 Å². The van der Waals surface area contributed by atoms with E-state index < -0.39 is 5.97 Å². The number of nitrogens with zero attached hydrogens (tertiary/aromatic N) is 1. The molecule has 1 N–H and O–H groups in total. The lowest BCUT2D eigenvalue weighted by molar-refractivity contribution is -0.117.